The lowest BCUT2D eigenvalue weighted by Crippen LogP contribution is -2.26. The van der Waals surface area contributed by atoms with Crippen LogP contribution in [0.5, 0.6) is 0 Å². The van der Waals surface area contributed by atoms with Crippen LogP contribution in [0.2, 0.25) is 0 Å². The summed E-state index contributed by atoms with van der Waals surface area (Å²) >= 11 is 0. The number of amides is 1. The maximum absolute atomic E-state index is 12.8. The van der Waals surface area contributed by atoms with Gasteiger partial charge in [0.15, 0.2) is 0 Å². The van der Waals surface area contributed by atoms with Crippen LogP contribution >= 0.6 is 0 Å². The summed E-state index contributed by atoms with van der Waals surface area (Å²) in [6.45, 7) is 11.1. The first-order valence-electron chi connectivity index (χ1n) is 14.3. The highest BCUT2D eigenvalue weighted by Crippen LogP contribution is 2.23. The summed E-state index contributed by atoms with van der Waals surface area (Å²) in [4.78, 5) is 15.4. The number of unbranched alkanes of at least 4 members (excludes halogenated alkanes) is 11. The minimum absolute atomic E-state index is 0.121. The van der Waals surface area contributed by atoms with Crippen molar-refractivity contribution in [3.63, 3.8) is 0 Å². The second kappa shape index (κ2) is 19.9. The van der Waals surface area contributed by atoms with E-state index in [0.29, 0.717) is 0 Å². The lowest BCUT2D eigenvalue weighted by molar-refractivity contribution is -0.120. The predicted octanol–water partition coefficient (Wildman–Crippen LogP) is 9.37. The molecule has 1 unspecified atom stereocenters. The Labute approximate surface area is 206 Å². The zero-order chi connectivity index (χ0) is 24.2. The quantitative estimate of drug-likeness (QED) is 0.186. The highest BCUT2D eigenvalue weighted by atomic mass is 16.1. The Balaban J connectivity index is 2.70. The molecule has 0 aliphatic carbocycles. The maximum Gasteiger partial charge on any atom is 0.227 e. The summed E-state index contributed by atoms with van der Waals surface area (Å²) in [6.07, 6.45) is 20.1. The van der Waals surface area contributed by atoms with Crippen molar-refractivity contribution in [2.75, 3.05) is 23.3 Å². The molecule has 0 fully saturated rings. The van der Waals surface area contributed by atoms with E-state index >= 15 is 0 Å². The third-order valence-electron chi connectivity index (χ3n) is 6.81. The van der Waals surface area contributed by atoms with E-state index in [9.17, 15) is 4.79 Å². The first-order valence-corrected chi connectivity index (χ1v) is 14.3. The van der Waals surface area contributed by atoms with Crippen LogP contribution in [0, 0.1) is 5.92 Å². The van der Waals surface area contributed by atoms with Gasteiger partial charge in [-0.3, -0.25) is 4.79 Å². The zero-order valence-electron chi connectivity index (χ0n) is 22.5. The van der Waals surface area contributed by atoms with Gasteiger partial charge in [-0.05, 0) is 43.9 Å². The van der Waals surface area contributed by atoms with Gasteiger partial charge in [0.25, 0.3) is 0 Å². The van der Waals surface area contributed by atoms with Crippen molar-refractivity contribution in [3.8, 4) is 0 Å². The van der Waals surface area contributed by atoms with Crippen molar-refractivity contribution >= 4 is 17.3 Å². The second-order valence-corrected chi connectivity index (χ2v) is 9.81. The molecule has 0 heterocycles. The monoisotopic (exact) mass is 458 g/mol. The van der Waals surface area contributed by atoms with E-state index in [1.165, 1.54) is 82.7 Å². The minimum Gasteiger partial charge on any atom is -0.371 e. The number of benzene rings is 1. The van der Waals surface area contributed by atoms with Gasteiger partial charge in [-0.25, -0.2) is 0 Å². The Morgan fingerprint density at radius 1 is 0.758 bits per heavy atom. The Morgan fingerprint density at radius 3 is 1.85 bits per heavy atom. The Bertz CT molecular complexity index is 585. The number of carbonyl (C=O) groups is 1. The van der Waals surface area contributed by atoms with Crippen molar-refractivity contribution in [1.82, 2.24) is 0 Å². The van der Waals surface area contributed by atoms with Gasteiger partial charge < -0.3 is 10.2 Å². The Hall–Kier alpha value is -1.51. The molecule has 1 aromatic rings. The summed E-state index contributed by atoms with van der Waals surface area (Å²) < 4.78 is 0. The van der Waals surface area contributed by atoms with Crippen LogP contribution < -0.4 is 10.2 Å². The molecule has 33 heavy (non-hydrogen) atoms. The molecule has 0 radical (unpaired) electrons. The zero-order valence-corrected chi connectivity index (χ0v) is 22.5. The van der Waals surface area contributed by atoms with Gasteiger partial charge in [-0.2, -0.15) is 0 Å². The standard InChI is InChI=1S/C30H54N2O/c1-5-9-12-14-16-18-24-32(25-19-17-15-13-10-6-2)29-23-20-22-28(26-29)31-30(33)27(8-4)21-11-7-3/h20,22-23,26-27H,5-19,21,24-25H2,1-4H3,(H,31,33). The van der Waals surface area contributed by atoms with Crippen molar-refractivity contribution < 1.29 is 4.79 Å². The SMILES string of the molecule is CCCCCCCCN(CCCCCCCC)c1cccc(NC(=O)C(CC)CCCC)c1. The lowest BCUT2D eigenvalue weighted by Gasteiger charge is -2.26. The summed E-state index contributed by atoms with van der Waals surface area (Å²) in [7, 11) is 0. The number of carbonyl (C=O) groups excluding carboxylic acids is 1. The molecule has 190 valence electrons. The highest BCUT2D eigenvalue weighted by Gasteiger charge is 2.16. The van der Waals surface area contributed by atoms with E-state index in [0.717, 1.165) is 44.5 Å². The van der Waals surface area contributed by atoms with E-state index in [4.69, 9.17) is 0 Å². The molecule has 3 heteroatoms. The average Bonchev–Trinajstić information content (AvgIpc) is 2.82. The predicted molar refractivity (Wildman–Crippen MR) is 147 cm³/mol. The number of nitrogens with one attached hydrogen (secondary N) is 1. The van der Waals surface area contributed by atoms with Crippen LogP contribution in [0.15, 0.2) is 24.3 Å². The normalized spacial score (nSPS) is 12.0. The largest absolute Gasteiger partial charge is 0.371 e. The fraction of sp³-hybridized carbons (Fsp3) is 0.767. The van der Waals surface area contributed by atoms with Gasteiger partial charge in [0.2, 0.25) is 5.91 Å². The van der Waals surface area contributed by atoms with Gasteiger partial charge in [0.1, 0.15) is 0 Å². The number of nitrogens with zero attached hydrogens (tertiary/aromatic N) is 1. The van der Waals surface area contributed by atoms with Crippen LogP contribution in [-0.4, -0.2) is 19.0 Å². The van der Waals surface area contributed by atoms with E-state index in [-0.39, 0.29) is 11.8 Å². The Kier molecular flexibility index (Phi) is 17.8. The fourth-order valence-electron chi connectivity index (χ4n) is 4.53. The molecule has 0 aromatic heterocycles. The summed E-state index contributed by atoms with van der Waals surface area (Å²) in [5.41, 5.74) is 2.21. The van der Waals surface area contributed by atoms with Crippen molar-refractivity contribution in [2.45, 2.75) is 130 Å². The molecule has 0 saturated carbocycles. The number of anilines is 2. The number of hydrogen-bond acceptors (Lipinski definition) is 2. The minimum atomic E-state index is 0.121. The van der Waals surface area contributed by atoms with Crippen LogP contribution in [0.1, 0.15) is 130 Å². The molecule has 0 bridgehead atoms. The first-order chi connectivity index (χ1) is 16.2. The van der Waals surface area contributed by atoms with Crippen molar-refractivity contribution in [1.29, 1.82) is 0 Å². The van der Waals surface area contributed by atoms with Gasteiger partial charge in [0, 0.05) is 30.4 Å². The summed E-state index contributed by atoms with van der Waals surface area (Å²) in [6, 6.07) is 8.56. The van der Waals surface area contributed by atoms with Crippen molar-refractivity contribution in [3.05, 3.63) is 24.3 Å². The lowest BCUT2D eigenvalue weighted by atomic mass is 9.98. The van der Waals surface area contributed by atoms with Crippen LogP contribution in [0.4, 0.5) is 11.4 Å². The van der Waals surface area contributed by atoms with E-state index in [1.807, 2.05) is 6.07 Å². The van der Waals surface area contributed by atoms with E-state index in [2.05, 4.69) is 56.1 Å². The second-order valence-electron chi connectivity index (χ2n) is 9.81. The van der Waals surface area contributed by atoms with Gasteiger partial charge in [0.05, 0.1) is 0 Å². The molecule has 1 aromatic carbocycles. The molecule has 1 N–H and O–H groups in total. The van der Waals surface area contributed by atoms with E-state index in [1.54, 1.807) is 0 Å². The molecule has 1 rings (SSSR count). The van der Waals surface area contributed by atoms with E-state index < -0.39 is 0 Å². The fourth-order valence-corrected chi connectivity index (χ4v) is 4.53. The van der Waals surface area contributed by atoms with Gasteiger partial charge >= 0.3 is 0 Å². The molecule has 0 aliphatic rings. The smallest absolute Gasteiger partial charge is 0.227 e. The van der Waals surface area contributed by atoms with Crippen molar-refractivity contribution in [2.24, 2.45) is 5.92 Å². The van der Waals surface area contributed by atoms with Gasteiger partial charge in [-0.1, -0.05) is 111 Å². The number of hydrogen-bond donors (Lipinski definition) is 1. The maximum atomic E-state index is 12.8. The number of rotatable bonds is 21. The third kappa shape index (κ3) is 13.7. The van der Waals surface area contributed by atoms with Crippen LogP contribution in [-0.2, 0) is 4.79 Å². The third-order valence-corrected chi connectivity index (χ3v) is 6.81. The average molecular weight is 459 g/mol. The van der Waals surface area contributed by atoms with Crippen LogP contribution in [0.25, 0.3) is 0 Å². The summed E-state index contributed by atoms with van der Waals surface area (Å²) in [5, 5.41) is 3.21. The van der Waals surface area contributed by atoms with Gasteiger partial charge in [-0.15, -0.1) is 0 Å². The molecular formula is C30H54N2O. The highest BCUT2D eigenvalue weighted by molar-refractivity contribution is 5.93. The van der Waals surface area contributed by atoms with Crippen LogP contribution in [0.3, 0.4) is 0 Å². The molecule has 3 nitrogen and oxygen atoms in total. The molecule has 0 spiro atoms. The molecule has 0 aliphatic heterocycles. The topological polar surface area (TPSA) is 32.3 Å². The Morgan fingerprint density at radius 2 is 1.30 bits per heavy atom. The summed E-state index contributed by atoms with van der Waals surface area (Å²) in [5.74, 6) is 0.303. The molecule has 0 saturated heterocycles. The molecule has 1 atom stereocenters. The molecular weight excluding hydrogens is 404 g/mol. The molecule has 1 amide bonds. The first kappa shape index (κ1) is 29.5.